The number of carbonyl (C=O) groups excluding carboxylic acids is 1. The second kappa shape index (κ2) is 4.98. The molecule has 1 aromatic rings. The summed E-state index contributed by atoms with van der Waals surface area (Å²) < 4.78 is 0. The highest BCUT2D eigenvalue weighted by Gasteiger charge is 1.95. The maximum Gasteiger partial charge on any atom is 0.323 e. The molecule has 0 radical (unpaired) electrons. The van der Waals surface area contributed by atoms with Crippen LogP contribution < -0.4 is 10.6 Å². The van der Waals surface area contributed by atoms with Gasteiger partial charge in [-0.05, 0) is 19.1 Å². The van der Waals surface area contributed by atoms with Gasteiger partial charge in [0, 0.05) is 11.9 Å². The molecule has 0 aliphatic carbocycles. The van der Waals surface area contributed by atoms with E-state index in [9.17, 15) is 4.79 Å². The highest BCUT2D eigenvalue weighted by atomic mass is 16.2. The molecule has 3 heteroatoms. The van der Waals surface area contributed by atoms with Crippen molar-refractivity contribution >= 4 is 11.7 Å². The number of urea groups is 1. The summed E-state index contributed by atoms with van der Waals surface area (Å²) in [7, 11) is 0. The van der Waals surface area contributed by atoms with Crippen molar-refractivity contribution in [1.82, 2.24) is 5.32 Å². The minimum Gasteiger partial charge on any atom is -0.315 e. The van der Waals surface area contributed by atoms with Gasteiger partial charge in [0.15, 0.2) is 0 Å². The number of hydrogen-bond acceptors (Lipinski definition) is 1. The van der Waals surface area contributed by atoms with Crippen molar-refractivity contribution in [1.29, 1.82) is 0 Å². The van der Waals surface area contributed by atoms with Crippen LogP contribution >= 0.6 is 0 Å². The first-order valence-electron chi connectivity index (χ1n) is 4.06. The quantitative estimate of drug-likeness (QED) is 0.713. The van der Waals surface area contributed by atoms with E-state index in [2.05, 4.69) is 10.6 Å². The van der Waals surface area contributed by atoms with Gasteiger partial charge in [0.25, 0.3) is 0 Å². The molecule has 3 nitrogen and oxygen atoms in total. The van der Waals surface area contributed by atoms with E-state index >= 15 is 0 Å². The fourth-order valence-corrected chi connectivity index (χ4v) is 0.848. The Labute approximate surface area is 77.5 Å². The first-order valence-corrected chi connectivity index (χ1v) is 4.06. The van der Waals surface area contributed by atoms with E-state index in [1.807, 2.05) is 37.3 Å². The number of rotatable bonds is 2. The smallest absolute Gasteiger partial charge is 0.315 e. The average Bonchev–Trinajstić information content (AvgIpc) is 2.16. The minimum atomic E-state index is -0.232. The molecule has 2 amide bonds. The Hall–Kier alpha value is -1.77. The number of carbonyl (C=O) groups is 1. The maximum absolute atomic E-state index is 11.1. The third-order valence-electron chi connectivity index (χ3n) is 1.41. The zero-order chi connectivity index (χ0) is 9.52. The SMILES string of the molecule is C/C=C\NC(=O)Nc1ccccc1. The predicted octanol–water partition coefficient (Wildman–Crippen LogP) is 2.34. The first-order chi connectivity index (χ1) is 6.33. The number of para-hydroxylation sites is 1. The molecule has 0 aliphatic heterocycles. The number of nitrogens with one attached hydrogen (secondary N) is 2. The third-order valence-corrected chi connectivity index (χ3v) is 1.41. The van der Waals surface area contributed by atoms with Crippen LogP contribution in [0.25, 0.3) is 0 Å². The molecule has 1 rings (SSSR count). The van der Waals surface area contributed by atoms with Gasteiger partial charge in [0.1, 0.15) is 0 Å². The van der Waals surface area contributed by atoms with Gasteiger partial charge >= 0.3 is 6.03 Å². The molecule has 2 N–H and O–H groups in total. The normalized spacial score (nSPS) is 9.92. The van der Waals surface area contributed by atoms with Gasteiger partial charge in [-0.3, -0.25) is 0 Å². The van der Waals surface area contributed by atoms with Crippen molar-refractivity contribution in [3.05, 3.63) is 42.6 Å². The van der Waals surface area contributed by atoms with Crippen LogP contribution in [0.15, 0.2) is 42.6 Å². The van der Waals surface area contributed by atoms with E-state index in [0.29, 0.717) is 0 Å². The molecule has 0 bridgehead atoms. The maximum atomic E-state index is 11.1. The van der Waals surface area contributed by atoms with Crippen molar-refractivity contribution in [2.24, 2.45) is 0 Å². The van der Waals surface area contributed by atoms with Gasteiger partial charge in [-0.2, -0.15) is 0 Å². The monoisotopic (exact) mass is 176 g/mol. The zero-order valence-corrected chi connectivity index (χ0v) is 7.45. The van der Waals surface area contributed by atoms with Gasteiger partial charge in [-0.1, -0.05) is 24.3 Å². The molecule has 0 heterocycles. The zero-order valence-electron chi connectivity index (χ0n) is 7.45. The molecule has 0 aliphatic rings. The van der Waals surface area contributed by atoms with Crippen molar-refractivity contribution in [2.45, 2.75) is 6.92 Å². The Balaban J connectivity index is 2.46. The molecule has 1 aromatic carbocycles. The summed E-state index contributed by atoms with van der Waals surface area (Å²) in [6.07, 6.45) is 3.34. The summed E-state index contributed by atoms with van der Waals surface area (Å²) in [5.74, 6) is 0. The molecule has 0 saturated heterocycles. The molecule has 0 atom stereocenters. The summed E-state index contributed by atoms with van der Waals surface area (Å²) in [5.41, 5.74) is 0.782. The fourth-order valence-electron chi connectivity index (χ4n) is 0.848. The van der Waals surface area contributed by atoms with Crippen LogP contribution in [0.3, 0.4) is 0 Å². The van der Waals surface area contributed by atoms with Crippen molar-refractivity contribution in [2.75, 3.05) is 5.32 Å². The van der Waals surface area contributed by atoms with Crippen molar-refractivity contribution in [3.63, 3.8) is 0 Å². The summed E-state index contributed by atoms with van der Waals surface area (Å²) in [6.45, 7) is 1.84. The largest absolute Gasteiger partial charge is 0.323 e. The average molecular weight is 176 g/mol. The van der Waals surface area contributed by atoms with Crippen LogP contribution in [0.5, 0.6) is 0 Å². The molecule has 0 saturated carbocycles. The number of benzene rings is 1. The summed E-state index contributed by atoms with van der Waals surface area (Å²) in [5, 5.41) is 5.23. The van der Waals surface area contributed by atoms with E-state index in [-0.39, 0.29) is 6.03 Å². The summed E-state index contributed by atoms with van der Waals surface area (Å²) >= 11 is 0. The van der Waals surface area contributed by atoms with Gasteiger partial charge in [-0.25, -0.2) is 4.79 Å². The van der Waals surface area contributed by atoms with Crippen molar-refractivity contribution < 1.29 is 4.79 Å². The molecular formula is C10H12N2O. The second-order valence-electron chi connectivity index (χ2n) is 2.46. The lowest BCUT2D eigenvalue weighted by Crippen LogP contribution is -2.23. The molecular weight excluding hydrogens is 164 g/mol. The summed E-state index contributed by atoms with van der Waals surface area (Å²) in [4.78, 5) is 11.1. The van der Waals surface area contributed by atoms with E-state index < -0.39 is 0 Å². The first kappa shape index (κ1) is 9.32. The standard InChI is InChI=1S/C10H12N2O/c1-2-8-11-10(13)12-9-6-4-3-5-7-9/h2-8H,1H3,(H2,11,12,13)/b8-2-. The van der Waals surface area contributed by atoms with E-state index in [0.717, 1.165) is 5.69 Å². The van der Waals surface area contributed by atoms with Crippen LogP contribution in [-0.4, -0.2) is 6.03 Å². The number of allylic oxidation sites excluding steroid dienone is 1. The van der Waals surface area contributed by atoms with Gasteiger partial charge in [0.2, 0.25) is 0 Å². The topological polar surface area (TPSA) is 41.1 Å². The Kier molecular flexibility index (Phi) is 3.57. The Bertz CT molecular complexity index is 293. The number of anilines is 1. The van der Waals surface area contributed by atoms with E-state index in [1.165, 1.54) is 0 Å². The highest BCUT2D eigenvalue weighted by Crippen LogP contribution is 2.03. The minimum absolute atomic E-state index is 0.232. The Morgan fingerprint density at radius 1 is 1.31 bits per heavy atom. The third kappa shape index (κ3) is 3.42. The van der Waals surface area contributed by atoms with E-state index in [4.69, 9.17) is 0 Å². The highest BCUT2D eigenvalue weighted by molar-refractivity contribution is 5.89. The molecule has 13 heavy (non-hydrogen) atoms. The fraction of sp³-hybridized carbons (Fsp3) is 0.100. The lowest BCUT2D eigenvalue weighted by atomic mass is 10.3. The Morgan fingerprint density at radius 3 is 2.62 bits per heavy atom. The van der Waals surface area contributed by atoms with Gasteiger partial charge in [0.05, 0.1) is 0 Å². The predicted molar refractivity (Wildman–Crippen MR) is 53.4 cm³/mol. The van der Waals surface area contributed by atoms with Crippen LogP contribution in [-0.2, 0) is 0 Å². The number of amides is 2. The van der Waals surface area contributed by atoms with Crippen LogP contribution in [0, 0.1) is 0 Å². The summed E-state index contributed by atoms with van der Waals surface area (Å²) in [6, 6.07) is 9.06. The lowest BCUT2D eigenvalue weighted by Gasteiger charge is -2.02. The molecule has 0 fully saturated rings. The van der Waals surface area contributed by atoms with Crippen LogP contribution in [0.2, 0.25) is 0 Å². The second-order valence-corrected chi connectivity index (χ2v) is 2.46. The van der Waals surface area contributed by atoms with Gasteiger partial charge < -0.3 is 10.6 Å². The molecule has 0 aromatic heterocycles. The Morgan fingerprint density at radius 2 is 2.00 bits per heavy atom. The molecule has 0 spiro atoms. The van der Waals surface area contributed by atoms with Crippen molar-refractivity contribution in [3.8, 4) is 0 Å². The lowest BCUT2D eigenvalue weighted by molar-refractivity contribution is 0.255. The molecule has 68 valence electrons. The van der Waals surface area contributed by atoms with Crippen LogP contribution in [0.1, 0.15) is 6.92 Å². The van der Waals surface area contributed by atoms with Crippen LogP contribution in [0.4, 0.5) is 10.5 Å². The van der Waals surface area contributed by atoms with E-state index in [1.54, 1.807) is 12.3 Å². The molecule has 0 unspecified atom stereocenters. The number of hydrogen-bond donors (Lipinski definition) is 2. The van der Waals surface area contributed by atoms with Gasteiger partial charge in [-0.15, -0.1) is 0 Å².